The predicted octanol–water partition coefficient (Wildman–Crippen LogP) is 4.19. The van der Waals surface area contributed by atoms with Gasteiger partial charge in [-0.25, -0.2) is 9.07 Å². The van der Waals surface area contributed by atoms with E-state index in [2.05, 4.69) is 10.1 Å². The molecule has 0 bridgehead atoms. The Morgan fingerprint density at radius 2 is 2.16 bits per heavy atom. The third-order valence-electron chi connectivity index (χ3n) is 3.04. The molecule has 0 spiro atoms. The van der Waals surface area contributed by atoms with E-state index in [0.29, 0.717) is 26.7 Å². The lowest BCUT2D eigenvalue weighted by Crippen LogP contribution is -2.19. The van der Waals surface area contributed by atoms with Crippen LogP contribution in [0.15, 0.2) is 18.2 Å². The Hall–Kier alpha value is -0.890. The van der Waals surface area contributed by atoms with Gasteiger partial charge in [0.2, 0.25) is 3.83 Å². The molecule has 0 saturated heterocycles. The van der Waals surface area contributed by atoms with E-state index in [-0.39, 0.29) is 0 Å². The maximum Gasteiger partial charge on any atom is 0.321 e. The summed E-state index contributed by atoms with van der Waals surface area (Å²) in [6.45, 7) is 0. The number of ether oxygens (including phenoxy) is 1. The summed E-state index contributed by atoms with van der Waals surface area (Å²) < 4.78 is 21.3. The highest BCUT2D eigenvalue weighted by atomic mass is 127. The summed E-state index contributed by atoms with van der Waals surface area (Å²) in [5, 5.41) is 4.61. The summed E-state index contributed by atoms with van der Waals surface area (Å²) in [7, 11) is 0. The molecule has 0 atom stereocenters. The van der Waals surface area contributed by atoms with Crippen molar-refractivity contribution in [1.82, 2.24) is 14.8 Å². The summed E-state index contributed by atoms with van der Waals surface area (Å²) in [6, 6.07) is 4.77. The van der Waals surface area contributed by atoms with Crippen molar-refractivity contribution in [3.63, 3.8) is 0 Å². The van der Waals surface area contributed by atoms with E-state index in [9.17, 15) is 4.39 Å². The van der Waals surface area contributed by atoms with Crippen LogP contribution in [0.5, 0.6) is 11.8 Å². The normalized spacial score (nSPS) is 15.3. The first-order chi connectivity index (χ1) is 9.11. The van der Waals surface area contributed by atoms with Crippen LogP contribution in [-0.4, -0.2) is 14.8 Å². The number of hydrogen-bond donors (Lipinski definition) is 0. The fourth-order valence-corrected chi connectivity index (χ4v) is 2.57. The van der Waals surface area contributed by atoms with Crippen molar-refractivity contribution in [3.8, 4) is 11.8 Å². The van der Waals surface area contributed by atoms with Crippen LogP contribution < -0.4 is 4.74 Å². The summed E-state index contributed by atoms with van der Waals surface area (Å²) in [5.41, 5.74) is 0. The molecule has 100 valence electrons. The summed E-state index contributed by atoms with van der Waals surface area (Å²) in [6.07, 6.45) is 3.33. The largest absolute Gasteiger partial charge is 0.424 e. The zero-order chi connectivity index (χ0) is 13.4. The number of aromatic nitrogens is 3. The Bertz CT molecular complexity index is 595. The maximum atomic E-state index is 13.3. The van der Waals surface area contributed by atoms with Crippen LogP contribution in [0.25, 0.3) is 0 Å². The fraction of sp³-hybridized carbons (Fsp3) is 0.333. The highest BCUT2D eigenvalue weighted by Gasteiger charge is 2.25. The molecule has 1 heterocycles. The molecule has 2 aromatic rings. The Balaban J connectivity index is 1.89. The molecule has 0 aliphatic heterocycles. The molecule has 1 aliphatic carbocycles. The van der Waals surface area contributed by atoms with Gasteiger partial charge >= 0.3 is 6.01 Å². The molecule has 19 heavy (non-hydrogen) atoms. The molecule has 1 aromatic carbocycles. The third kappa shape index (κ3) is 2.84. The van der Waals surface area contributed by atoms with Gasteiger partial charge in [-0.15, -0.1) is 5.10 Å². The van der Waals surface area contributed by atoms with Crippen molar-refractivity contribution in [2.45, 2.75) is 25.3 Å². The van der Waals surface area contributed by atoms with Gasteiger partial charge in [0.05, 0.1) is 6.04 Å². The SMILES string of the molecule is Fc1cc(Cl)cc(Oc2nc(I)nn2C2CCC2)c1. The van der Waals surface area contributed by atoms with Gasteiger partial charge in [0.15, 0.2) is 0 Å². The molecular formula is C12H10ClFIN3O. The lowest BCUT2D eigenvalue weighted by atomic mass is 9.93. The second kappa shape index (κ2) is 5.24. The third-order valence-corrected chi connectivity index (χ3v) is 3.72. The summed E-state index contributed by atoms with van der Waals surface area (Å²) >= 11 is 7.83. The van der Waals surface area contributed by atoms with Gasteiger partial charge in [0.1, 0.15) is 11.6 Å². The average Bonchev–Trinajstić information content (AvgIpc) is 2.55. The highest BCUT2D eigenvalue weighted by molar-refractivity contribution is 14.1. The average molecular weight is 394 g/mol. The van der Waals surface area contributed by atoms with Crippen molar-refractivity contribution < 1.29 is 9.13 Å². The van der Waals surface area contributed by atoms with Gasteiger partial charge in [0.25, 0.3) is 0 Å². The van der Waals surface area contributed by atoms with E-state index in [1.807, 2.05) is 22.6 Å². The minimum Gasteiger partial charge on any atom is -0.424 e. The van der Waals surface area contributed by atoms with Crippen LogP contribution in [0, 0.1) is 9.65 Å². The van der Waals surface area contributed by atoms with Crippen LogP contribution in [0.2, 0.25) is 5.02 Å². The molecule has 0 radical (unpaired) electrons. The molecule has 0 unspecified atom stereocenters. The standard InChI is InChI=1S/C12H10ClFIN3O/c13-7-4-8(14)6-10(5-7)19-12-16-11(15)17-18(12)9-2-1-3-9/h4-6,9H,1-3H2. The molecule has 1 saturated carbocycles. The number of nitrogens with zero attached hydrogens (tertiary/aromatic N) is 3. The van der Waals surface area contributed by atoms with Crippen LogP contribution in [0.1, 0.15) is 25.3 Å². The Morgan fingerprint density at radius 3 is 2.79 bits per heavy atom. The van der Waals surface area contributed by atoms with Gasteiger partial charge in [-0.2, -0.15) is 4.98 Å². The van der Waals surface area contributed by atoms with E-state index in [1.54, 1.807) is 10.7 Å². The van der Waals surface area contributed by atoms with E-state index >= 15 is 0 Å². The molecule has 7 heteroatoms. The second-order valence-electron chi connectivity index (χ2n) is 4.40. The Morgan fingerprint density at radius 1 is 1.37 bits per heavy atom. The predicted molar refractivity (Wildman–Crippen MR) is 77.1 cm³/mol. The minimum atomic E-state index is -0.438. The molecule has 0 amide bonds. The second-order valence-corrected chi connectivity index (χ2v) is 5.80. The first-order valence-electron chi connectivity index (χ1n) is 5.88. The topological polar surface area (TPSA) is 39.9 Å². The lowest BCUT2D eigenvalue weighted by Gasteiger charge is -2.25. The summed E-state index contributed by atoms with van der Waals surface area (Å²) in [5.74, 6) is -0.110. The van der Waals surface area contributed by atoms with Crippen LogP contribution in [0.3, 0.4) is 0 Å². The smallest absolute Gasteiger partial charge is 0.321 e. The summed E-state index contributed by atoms with van der Waals surface area (Å²) in [4.78, 5) is 4.22. The molecule has 0 N–H and O–H groups in total. The maximum absolute atomic E-state index is 13.3. The first-order valence-corrected chi connectivity index (χ1v) is 7.33. The number of halogens is 3. The quantitative estimate of drug-likeness (QED) is 0.734. The molecular weight excluding hydrogens is 384 g/mol. The molecule has 1 fully saturated rings. The van der Waals surface area contributed by atoms with Crippen molar-refractivity contribution in [1.29, 1.82) is 0 Å². The van der Waals surface area contributed by atoms with E-state index in [1.165, 1.54) is 18.6 Å². The van der Waals surface area contributed by atoms with Gasteiger partial charge in [-0.1, -0.05) is 11.6 Å². The Labute approximate surface area is 128 Å². The van der Waals surface area contributed by atoms with Crippen molar-refractivity contribution in [2.24, 2.45) is 0 Å². The zero-order valence-corrected chi connectivity index (χ0v) is 12.7. The minimum absolute atomic E-state index is 0.291. The van der Waals surface area contributed by atoms with E-state index in [0.717, 1.165) is 12.8 Å². The van der Waals surface area contributed by atoms with E-state index < -0.39 is 5.82 Å². The fourth-order valence-electron chi connectivity index (χ4n) is 1.92. The number of hydrogen-bond acceptors (Lipinski definition) is 3. The zero-order valence-electron chi connectivity index (χ0n) is 9.81. The van der Waals surface area contributed by atoms with Gasteiger partial charge in [0, 0.05) is 33.7 Å². The van der Waals surface area contributed by atoms with E-state index in [4.69, 9.17) is 16.3 Å². The Kier molecular flexibility index (Phi) is 3.62. The first kappa shape index (κ1) is 13.1. The molecule has 3 rings (SSSR count). The van der Waals surface area contributed by atoms with Gasteiger partial charge in [-0.05, 0) is 31.4 Å². The van der Waals surface area contributed by atoms with Crippen LogP contribution in [-0.2, 0) is 0 Å². The van der Waals surface area contributed by atoms with Crippen LogP contribution >= 0.6 is 34.2 Å². The van der Waals surface area contributed by atoms with Gasteiger partial charge < -0.3 is 4.74 Å². The molecule has 1 aromatic heterocycles. The lowest BCUT2D eigenvalue weighted by molar-refractivity contribution is 0.257. The molecule has 4 nitrogen and oxygen atoms in total. The van der Waals surface area contributed by atoms with Crippen molar-refractivity contribution in [3.05, 3.63) is 32.9 Å². The molecule has 1 aliphatic rings. The van der Waals surface area contributed by atoms with Crippen LogP contribution in [0.4, 0.5) is 4.39 Å². The highest BCUT2D eigenvalue weighted by Crippen LogP contribution is 2.35. The monoisotopic (exact) mass is 393 g/mol. The number of benzene rings is 1. The van der Waals surface area contributed by atoms with Crippen molar-refractivity contribution in [2.75, 3.05) is 0 Å². The van der Waals surface area contributed by atoms with Gasteiger partial charge in [-0.3, -0.25) is 0 Å². The number of rotatable bonds is 3. The van der Waals surface area contributed by atoms with Crippen molar-refractivity contribution >= 4 is 34.2 Å².